The zero-order valence-electron chi connectivity index (χ0n) is 15.8. The molecule has 5 nitrogen and oxygen atoms in total. The molecule has 1 spiro atoms. The average Bonchev–Trinajstić information content (AvgIpc) is 2.70. The molecule has 1 saturated carbocycles. The molecular weight excluding hydrogens is 378 g/mol. The number of rotatable bonds is 5. The molecule has 1 amide bonds. The van der Waals surface area contributed by atoms with Gasteiger partial charge in [-0.05, 0) is 49.3 Å². The quantitative estimate of drug-likeness (QED) is 0.716. The third kappa shape index (κ3) is 3.28. The minimum absolute atomic E-state index is 0.0252. The molecule has 2 N–H and O–H groups in total. The minimum Gasteiger partial charge on any atom is -0.504 e. The van der Waals surface area contributed by atoms with Crippen LogP contribution >= 0.6 is 11.8 Å². The van der Waals surface area contributed by atoms with E-state index in [0.29, 0.717) is 11.3 Å². The Morgan fingerprint density at radius 1 is 1.32 bits per heavy atom. The van der Waals surface area contributed by atoms with Gasteiger partial charge in [0, 0.05) is 29.7 Å². The summed E-state index contributed by atoms with van der Waals surface area (Å²) in [4.78, 5) is 14.5. The summed E-state index contributed by atoms with van der Waals surface area (Å²) in [7, 11) is 1.52. The number of para-hydroxylation sites is 2. The fourth-order valence-corrected chi connectivity index (χ4v) is 4.69. The molecule has 1 aliphatic heterocycles. The van der Waals surface area contributed by atoms with Crippen LogP contribution in [0.4, 0.5) is 0 Å². The molecule has 1 heterocycles. The van der Waals surface area contributed by atoms with Crippen LogP contribution in [0.25, 0.3) is 0 Å². The van der Waals surface area contributed by atoms with E-state index in [-0.39, 0.29) is 35.5 Å². The average molecular weight is 402 g/mol. The third-order valence-corrected chi connectivity index (χ3v) is 6.36. The van der Waals surface area contributed by atoms with Gasteiger partial charge < -0.3 is 14.6 Å². The molecule has 6 heteroatoms. The second kappa shape index (κ2) is 7.55. The monoisotopic (exact) mass is 401 g/mol. The summed E-state index contributed by atoms with van der Waals surface area (Å²) in [5, 5.41) is 10.8. The first-order valence-corrected chi connectivity index (χ1v) is 9.98. The number of carbonyl (C=O) groups is 1. The zero-order valence-corrected chi connectivity index (χ0v) is 16.5. The Labute approximate surface area is 169 Å². The van der Waals surface area contributed by atoms with E-state index in [1.54, 1.807) is 6.07 Å². The first-order chi connectivity index (χ1) is 13.6. The van der Waals surface area contributed by atoms with E-state index in [0.717, 1.165) is 37.0 Å². The second-order valence-electron chi connectivity index (χ2n) is 7.71. The van der Waals surface area contributed by atoms with Gasteiger partial charge in [-0.1, -0.05) is 30.3 Å². The fraction of sp³-hybridized carbons (Fsp3) is 0.409. The Morgan fingerprint density at radius 3 is 2.79 bits per heavy atom. The summed E-state index contributed by atoms with van der Waals surface area (Å²) in [6, 6.07) is 13.4. The van der Waals surface area contributed by atoms with Gasteiger partial charge in [-0.15, -0.1) is 0 Å². The number of hydrogen-bond acceptors (Lipinski definition) is 4. The van der Waals surface area contributed by atoms with Crippen LogP contribution in [0.1, 0.15) is 55.1 Å². The highest BCUT2D eigenvalue weighted by Crippen LogP contribution is 2.55. The highest BCUT2D eigenvalue weighted by Gasteiger charge is 2.48. The van der Waals surface area contributed by atoms with Crippen LogP contribution in [0.15, 0.2) is 42.5 Å². The SMILES string of the molecule is COc1cccc(C(CC(=O)NCl)C2CC3(CCC3)Oc3ccccc32)c1O. The van der Waals surface area contributed by atoms with Crippen LogP contribution in [-0.4, -0.2) is 23.7 Å². The topological polar surface area (TPSA) is 67.8 Å². The number of halogens is 1. The Bertz CT molecular complexity index is 881. The van der Waals surface area contributed by atoms with Crippen molar-refractivity contribution in [2.24, 2.45) is 0 Å². The highest BCUT2D eigenvalue weighted by molar-refractivity contribution is 6.21. The van der Waals surface area contributed by atoms with E-state index in [2.05, 4.69) is 4.84 Å². The van der Waals surface area contributed by atoms with Gasteiger partial charge in [0.2, 0.25) is 5.91 Å². The minimum atomic E-state index is -0.277. The number of methoxy groups -OCH3 is 1. The van der Waals surface area contributed by atoms with Crippen molar-refractivity contribution in [2.45, 2.75) is 49.5 Å². The normalized spacial score (nSPS) is 20.4. The van der Waals surface area contributed by atoms with Gasteiger partial charge in [-0.25, -0.2) is 0 Å². The van der Waals surface area contributed by atoms with Gasteiger partial charge in [-0.2, -0.15) is 0 Å². The fourth-order valence-electron chi connectivity index (χ4n) is 4.61. The number of carbonyl (C=O) groups excluding carboxylic acids is 1. The van der Waals surface area contributed by atoms with Crippen LogP contribution in [0.5, 0.6) is 17.2 Å². The summed E-state index contributed by atoms with van der Waals surface area (Å²) in [5.74, 6) is 0.836. The van der Waals surface area contributed by atoms with Crippen molar-refractivity contribution >= 4 is 17.7 Å². The van der Waals surface area contributed by atoms with E-state index in [4.69, 9.17) is 21.3 Å². The van der Waals surface area contributed by atoms with Crippen molar-refractivity contribution in [3.63, 3.8) is 0 Å². The lowest BCUT2D eigenvalue weighted by molar-refractivity contribution is -0.120. The van der Waals surface area contributed by atoms with Crippen LogP contribution in [0.2, 0.25) is 0 Å². The molecule has 1 fully saturated rings. The molecule has 0 bridgehead atoms. The van der Waals surface area contributed by atoms with E-state index in [9.17, 15) is 9.90 Å². The standard InChI is InChI=1S/C22H24ClNO4/c1-27-19-9-4-7-15(21(19)26)16(12-20(25)24-23)17-13-22(10-5-11-22)28-18-8-3-2-6-14(17)18/h2-4,6-9,16-17,26H,5,10-13H2,1H3,(H,24,25). The highest BCUT2D eigenvalue weighted by atomic mass is 35.5. The van der Waals surface area contributed by atoms with E-state index < -0.39 is 0 Å². The maximum absolute atomic E-state index is 12.3. The molecule has 0 saturated heterocycles. The van der Waals surface area contributed by atoms with Crippen molar-refractivity contribution < 1.29 is 19.4 Å². The number of amides is 1. The Kier molecular flexibility index (Phi) is 5.11. The first-order valence-electron chi connectivity index (χ1n) is 9.60. The molecule has 4 rings (SSSR count). The molecule has 2 aliphatic rings. The number of phenolic OH excluding ortho intramolecular Hbond substituents is 1. The zero-order chi connectivity index (χ0) is 19.7. The molecule has 0 radical (unpaired) electrons. The number of benzene rings is 2. The molecule has 28 heavy (non-hydrogen) atoms. The molecule has 2 atom stereocenters. The Balaban J connectivity index is 1.81. The molecular formula is C22H24ClNO4. The second-order valence-corrected chi connectivity index (χ2v) is 7.90. The summed E-state index contributed by atoms with van der Waals surface area (Å²) >= 11 is 5.60. The summed E-state index contributed by atoms with van der Waals surface area (Å²) in [5.41, 5.74) is 1.58. The van der Waals surface area contributed by atoms with Crippen molar-refractivity contribution in [2.75, 3.05) is 7.11 Å². The van der Waals surface area contributed by atoms with Crippen LogP contribution in [0, 0.1) is 0 Å². The Morgan fingerprint density at radius 2 is 2.11 bits per heavy atom. The van der Waals surface area contributed by atoms with E-state index in [1.807, 2.05) is 36.4 Å². The maximum Gasteiger partial charge on any atom is 0.234 e. The van der Waals surface area contributed by atoms with E-state index >= 15 is 0 Å². The smallest absolute Gasteiger partial charge is 0.234 e. The van der Waals surface area contributed by atoms with Crippen molar-refractivity contribution in [1.29, 1.82) is 0 Å². The number of hydrogen-bond donors (Lipinski definition) is 2. The Hall–Kier alpha value is -2.40. The van der Waals surface area contributed by atoms with Gasteiger partial charge in [0.1, 0.15) is 11.4 Å². The summed E-state index contributed by atoms with van der Waals surface area (Å²) < 4.78 is 11.7. The van der Waals surface area contributed by atoms with E-state index in [1.165, 1.54) is 7.11 Å². The van der Waals surface area contributed by atoms with Crippen molar-refractivity contribution in [1.82, 2.24) is 4.84 Å². The van der Waals surface area contributed by atoms with Gasteiger partial charge in [-0.3, -0.25) is 9.63 Å². The number of ether oxygens (including phenoxy) is 2. The lowest BCUT2D eigenvalue weighted by Gasteiger charge is -2.49. The number of aromatic hydroxyl groups is 1. The molecule has 2 aromatic rings. The largest absolute Gasteiger partial charge is 0.504 e. The van der Waals surface area contributed by atoms with Crippen LogP contribution in [0.3, 0.4) is 0 Å². The summed E-state index contributed by atoms with van der Waals surface area (Å²) in [6.45, 7) is 0. The predicted octanol–water partition coefficient (Wildman–Crippen LogP) is 4.63. The molecule has 0 aromatic heterocycles. The molecule has 148 valence electrons. The van der Waals surface area contributed by atoms with Gasteiger partial charge in [0.25, 0.3) is 0 Å². The van der Waals surface area contributed by atoms with Gasteiger partial charge in [0.05, 0.1) is 7.11 Å². The number of phenols is 1. The number of nitrogens with one attached hydrogen (secondary N) is 1. The number of fused-ring (bicyclic) bond motifs is 1. The van der Waals surface area contributed by atoms with Crippen LogP contribution in [-0.2, 0) is 4.79 Å². The molecule has 1 aliphatic carbocycles. The lowest BCUT2D eigenvalue weighted by Crippen LogP contribution is -2.47. The van der Waals surface area contributed by atoms with Crippen molar-refractivity contribution in [3.05, 3.63) is 53.6 Å². The predicted molar refractivity (Wildman–Crippen MR) is 107 cm³/mol. The van der Waals surface area contributed by atoms with Gasteiger partial charge in [0.15, 0.2) is 11.5 Å². The molecule has 2 aromatic carbocycles. The lowest BCUT2D eigenvalue weighted by atomic mass is 9.66. The third-order valence-electron chi connectivity index (χ3n) is 6.15. The van der Waals surface area contributed by atoms with Crippen LogP contribution < -0.4 is 14.3 Å². The maximum atomic E-state index is 12.3. The summed E-state index contributed by atoms with van der Waals surface area (Å²) in [6.07, 6.45) is 4.14. The van der Waals surface area contributed by atoms with Gasteiger partial charge >= 0.3 is 0 Å². The first kappa shape index (κ1) is 18.9. The molecule has 2 unspecified atom stereocenters. The van der Waals surface area contributed by atoms with Crippen molar-refractivity contribution in [3.8, 4) is 17.2 Å².